The molecule has 0 saturated carbocycles. The number of para-hydroxylation sites is 2. The average molecular weight is 333 g/mol. The summed E-state index contributed by atoms with van der Waals surface area (Å²) < 4.78 is 5.58. The summed E-state index contributed by atoms with van der Waals surface area (Å²) in [6, 6.07) is 17.4. The fourth-order valence-electron chi connectivity index (χ4n) is 2.71. The van der Waals surface area contributed by atoms with E-state index >= 15 is 0 Å². The van der Waals surface area contributed by atoms with Gasteiger partial charge in [0.25, 0.3) is 0 Å². The SMILES string of the molecule is Cl.NC(CCC(=O)N1CCOc2ccccc21)c1ccccc1. The third-order valence-electron chi connectivity index (χ3n) is 3.93. The average Bonchev–Trinajstić information content (AvgIpc) is 2.59. The Kier molecular flexibility index (Phi) is 6.02. The van der Waals surface area contributed by atoms with Crippen molar-refractivity contribution < 1.29 is 9.53 Å². The zero-order valence-electron chi connectivity index (χ0n) is 12.9. The molecule has 0 aromatic heterocycles. The predicted molar refractivity (Wildman–Crippen MR) is 94.1 cm³/mol. The molecule has 2 N–H and O–H groups in total. The number of ether oxygens (including phenoxy) is 1. The first-order chi connectivity index (χ1) is 10.8. The molecule has 1 heterocycles. The largest absolute Gasteiger partial charge is 0.490 e. The van der Waals surface area contributed by atoms with Gasteiger partial charge in [0.2, 0.25) is 5.91 Å². The summed E-state index contributed by atoms with van der Waals surface area (Å²) >= 11 is 0. The molecule has 1 atom stereocenters. The van der Waals surface area contributed by atoms with Crippen molar-refractivity contribution in [1.29, 1.82) is 0 Å². The topological polar surface area (TPSA) is 55.6 Å². The van der Waals surface area contributed by atoms with Crippen LogP contribution in [0.3, 0.4) is 0 Å². The van der Waals surface area contributed by atoms with Crippen molar-refractivity contribution in [2.24, 2.45) is 5.73 Å². The number of fused-ring (bicyclic) bond motifs is 1. The van der Waals surface area contributed by atoms with Gasteiger partial charge in [0.15, 0.2) is 0 Å². The highest BCUT2D eigenvalue weighted by atomic mass is 35.5. The number of benzene rings is 2. The minimum Gasteiger partial charge on any atom is -0.490 e. The second-order valence-electron chi connectivity index (χ2n) is 5.42. The molecular weight excluding hydrogens is 312 g/mol. The molecule has 0 aliphatic carbocycles. The Morgan fingerprint density at radius 1 is 1.13 bits per heavy atom. The van der Waals surface area contributed by atoms with E-state index in [1.54, 1.807) is 4.90 Å². The van der Waals surface area contributed by atoms with Crippen molar-refractivity contribution >= 4 is 24.0 Å². The Balaban J connectivity index is 0.00000192. The molecule has 1 amide bonds. The van der Waals surface area contributed by atoms with E-state index in [4.69, 9.17) is 10.5 Å². The van der Waals surface area contributed by atoms with Gasteiger partial charge in [-0.25, -0.2) is 0 Å². The van der Waals surface area contributed by atoms with E-state index in [0.717, 1.165) is 17.0 Å². The number of nitrogens with zero attached hydrogens (tertiary/aromatic N) is 1. The van der Waals surface area contributed by atoms with E-state index in [0.29, 0.717) is 26.0 Å². The molecule has 0 radical (unpaired) electrons. The molecule has 1 unspecified atom stereocenters. The van der Waals surface area contributed by atoms with Crippen LogP contribution in [-0.4, -0.2) is 19.1 Å². The molecule has 0 spiro atoms. The number of rotatable bonds is 4. The number of amides is 1. The van der Waals surface area contributed by atoms with Gasteiger partial charge in [-0.2, -0.15) is 0 Å². The highest BCUT2D eigenvalue weighted by Gasteiger charge is 2.23. The fraction of sp³-hybridized carbons (Fsp3) is 0.278. The normalized spacial score (nSPS) is 14.2. The molecular formula is C18H21ClN2O2. The van der Waals surface area contributed by atoms with Crippen LogP contribution in [0.25, 0.3) is 0 Å². The lowest BCUT2D eigenvalue weighted by molar-refractivity contribution is -0.119. The van der Waals surface area contributed by atoms with E-state index in [9.17, 15) is 4.79 Å². The maximum atomic E-state index is 12.5. The van der Waals surface area contributed by atoms with E-state index in [2.05, 4.69) is 0 Å². The lowest BCUT2D eigenvalue weighted by Crippen LogP contribution is -2.38. The summed E-state index contributed by atoms with van der Waals surface area (Å²) in [7, 11) is 0. The van der Waals surface area contributed by atoms with E-state index in [1.807, 2.05) is 54.6 Å². The van der Waals surface area contributed by atoms with Gasteiger partial charge < -0.3 is 15.4 Å². The first-order valence-electron chi connectivity index (χ1n) is 7.58. The zero-order valence-corrected chi connectivity index (χ0v) is 13.7. The Morgan fingerprint density at radius 2 is 1.83 bits per heavy atom. The molecule has 1 aliphatic rings. The molecule has 122 valence electrons. The van der Waals surface area contributed by atoms with E-state index < -0.39 is 0 Å². The van der Waals surface area contributed by atoms with Gasteiger partial charge in [-0.05, 0) is 24.1 Å². The molecule has 2 aromatic carbocycles. The summed E-state index contributed by atoms with van der Waals surface area (Å²) in [5.41, 5.74) is 8.09. The van der Waals surface area contributed by atoms with Gasteiger partial charge in [0, 0.05) is 12.5 Å². The standard InChI is InChI=1S/C18H20N2O2.ClH/c19-15(14-6-2-1-3-7-14)10-11-18(21)20-12-13-22-17-9-5-4-8-16(17)20;/h1-9,15H,10-13,19H2;1H. The molecule has 1 aliphatic heterocycles. The lowest BCUT2D eigenvalue weighted by Gasteiger charge is -2.29. The number of halogens is 1. The van der Waals surface area contributed by atoms with Crippen LogP contribution in [0.15, 0.2) is 54.6 Å². The van der Waals surface area contributed by atoms with Crippen LogP contribution in [0.4, 0.5) is 5.69 Å². The first kappa shape index (κ1) is 17.3. The predicted octanol–water partition coefficient (Wildman–Crippen LogP) is 3.31. The molecule has 0 saturated heterocycles. The number of hydrogen-bond donors (Lipinski definition) is 1. The van der Waals surface area contributed by atoms with Crippen molar-refractivity contribution in [3.05, 3.63) is 60.2 Å². The highest BCUT2D eigenvalue weighted by molar-refractivity contribution is 5.95. The quantitative estimate of drug-likeness (QED) is 0.934. The molecule has 0 bridgehead atoms. The smallest absolute Gasteiger partial charge is 0.227 e. The maximum absolute atomic E-state index is 12.5. The van der Waals surface area contributed by atoms with Crippen molar-refractivity contribution in [3.63, 3.8) is 0 Å². The molecule has 2 aromatic rings. The molecule has 3 rings (SSSR count). The third kappa shape index (κ3) is 4.03. The second kappa shape index (κ2) is 7.99. The van der Waals surface area contributed by atoms with Gasteiger partial charge in [-0.1, -0.05) is 42.5 Å². The molecule has 4 nitrogen and oxygen atoms in total. The number of anilines is 1. The van der Waals surface area contributed by atoms with Crippen molar-refractivity contribution in [3.8, 4) is 5.75 Å². The summed E-state index contributed by atoms with van der Waals surface area (Å²) in [4.78, 5) is 14.3. The molecule has 23 heavy (non-hydrogen) atoms. The summed E-state index contributed by atoms with van der Waals surface area (Å²) in [6.45, 7) is 1.13. The van der Waals surface area contributed by atoms with Gasteiger partial charge >= 0.3 is 0 Å². The monoisotopic (exact) mass is 332 g/mol. The third-order valence-corrected chi connectivity index (χ3v) is 3.93. The van der Waals surface area contributed by atoms with Gasteiger partial charge in [0.1, 0.15) is 12.4 Å². The Morgan fingerprint density at radius 3 is 2.61 bits per heavy atom. The molecule has 5 heteroatoms. The number of nitrogens with two attached hydrogens (primary N) is 1. The van der Waals surface area contributed by atoms with Crippen LogP contribution in [-0.2, 0) is 4.79 Å². The van der Waals surface area contributed by atoms with Crippen LogP contribution >= 0.6 is 12.4 Å². The summed E-state index contributed by atoms with van der Waals surface area (Å²) in [6.07, 6.45) is 1.08. The molecule has 0 fully saturated rings. The lowest BCUT2D eigenvalue weighted by atomic mass is 10.0. The van der Waals surface area contributed by atoms with Crippen molar-refractivity contribution in [2.75, 3.05) is 18.1 Å². The fourth-order valence-corrected chi connectivity index (χ4v) is 2.71. The Labute approximate surface area is 142 Å². The Bertz CT molecular complexity index is 648. The van der Waals surface area contributed by atoms with E-state index in [1.165, 1.54) is 0 Å². The van der Waals surface area contributed by atoms with Crippen LogP contribution in [0.5, 0.6) is 5.75 Å². The van der Waals surface area contributed by atoms with Crippen LogP contribution in [0, 0.1) is 0 Å². The van der Waals surface area contributed by atoms with Crippen LogP contribution in [0.2, 0.25) is 0 Å². The van der Waals surface area contributed by atoms with Crippen LogP contribution in [0.1, 0.15) is 24.4 Å². The van der Waals surface area contributed by atoms with Gasteiger partial charge in [-0.15, -0.1) is 12.4 Å². The van der Waals surface area contributed by atoms with Gasteiger partial charge in [0.05, 0.1) is 12.2 Å². The summed E-state index contributed by atoms with van der Waals surface area (Å²) in [5, 5.41) is 0. The minimum absolute atomic E-state index is 0. The summed E-state index contributed by atoms with van der Waals surface area (Å²) in [5.74, 6) is 0.872. The van der Waals surface area contributed by atoms with E-state index in [-0.39, 0.29) is 24.4 Å². The first-order valence-corrected chi connectivity index (χ1v) is 7.58. The maximum Gasteiger partial charge on any atom is 0.227 e. The van der Waals surface area contributed by atoms with Crippen molar-refractivity contribution in [1.82, 2.24) is 0 Å². The highest BCUT2D eigenvalue weighted by Crippen LogP contribution is 2.31. The van der Waals surface area contributed by atoms with Crippen LogP contribution < -0.4 is 15.4 Å². The number of carbonyl (C=O) groups excluding carboxylic acids is 1. The minimum atomic E-state index is -0.110. The Hall–Kier alpha value is -2.04. The number of hydrogen-bond acceptors (Lipinski definition) is 3. The zero-order chi connectivity index (χ0) is 15.4. The second-order valence-corrected chi connectivity index (χ2v) is 5.42. The van der Waals surface area contributed by atoms with Crippen molar-refractivity contribution in [2.45, 2.75) is 18.9 Å². The van der Waals surface area contributed by atoms with Gasteiger partial charge in [-0.3, -0.25) is 4.79 Å². The number of carbonyl (C=O) groups is 1.